The molecule has 0 radical (unpaired) electrons. The van der Waals surface area contributed by atoms with E-state index in [1.807, 2.05) is 42.5 Å². The highest BCUT2D eigenvalue weighted by Gasteiger charge is 2.43. The molecule has 3 heterocycles. The maximum atomic E-state index is 13.1. The maximum absolute atomic E-state index is 13.1. The van der Waals surface area contributed by atoms with Crippen molar-refractivity contribution in [3.05, 3.63) is 60.5 Å². The zero-order valence-corrected chi connectivity index (χ0v) is 16.4. The second-order valence-corrected chi connectivity index (χ2v) is 7.59. The number of aliphatic carboxylic acids is 1. The van der Waals surface area contributed by atoms with Crippen LogP contribution >= 0.6 is 0 Å². The average molecular weight is 405 g/mol. The number of carbonyl (C=O) groups is 3. The number of aromatic nitrogens is 1. The summed E-state index contributed by atoms with van der Waals surface area (Å²) < 4.78 is 0. The van der Waals surface area contributed by atoms with Crippen LogP contribution in [0.2, 0.25) is 0 Å². The molecule has 154 valence electrons. The van der Waals surface area contributed by atoms with Crippen LogP contribution in [-0.4, -0.2) is 50.9 Å². The van der Waals surface area contributed by atoms with Crippen LogP contribution in [-0.2, 0) is 14.4 Å². The molecule has 4 rings (SSSR count). The Labute approximate surface area is 174 Å². The van der Waals surface area contributed by atoms with Gasteiger partial charge in [0.15, 0.2) is 0 Å². The summed E-state index contributed by atoms with van der Waals surface area (Å²) in [5, 5.41) is 14.2. The molecule has 2 amide bonds. The molecule has 0 saturated carbocycles. The summed E-state index contributed by atoms with van der Waals surface area (Å²) in [7, 11) is 0. The molecule has 0 spiro atoms. The van der Waals surface area contributed by atoms with Gasteiger partial charge in [0.2, 0.25) is 11.8 Å². The number of benzene rings is 1. The lowest BCUT2D eigenvalue weighted by atomic mass is 10.0. The predicted octanol–water partition coefficient (Wildman–Crippen LogP) is 2.53. The normalized spacial score (nSPS) is 25.0. The summed E-state index contributed by atoms with van der Waals surface area (Å²) in [6, 6.07) is 7.90. The van der Waals surface area contributed by atoms with E-state index in [2.05, 4.69) is 10.3 Å². The van der Waals surface area contributed by atoms with Crippen LogP contribution in [0, 0.1) is 0 Å². The van der Waals surface area contributed by atoms with E-state index in [-0.39, 0.29) is 11.9 Å². The van der Waals surface area contributed by atoms with Crippen LogP contribution in [0.5, 0.6) is 0 Å². The number of rotatable bonds is 4. The molecule has 2 aromatic rings. The largest absolute Gasteiger partial charge is 0.480 e. The van der Waals surface area contributed by atoms with E-state index >= 15 is 0 Å². The highest BCUT2D eigenvalue weighted by atomic mass is 16.4. The summed E-state index contributed by atoms with van der Waals surface area (Å²) in [6.45, 7) is 0. The molecule has 1 aromatic carbocycles. The number of carbonyl (C=O) groups excluding carboxylic acids is 2. The van der Waals surface area contributed by atoms with Crippen molar-refractivity contribution in [2.75, 3.05) is 0 Å². The fourth-order valence-corrected chi connectivity index (χ4v) is 4.23. The van der Waals surface area contributed by atoms with E-state index in [4.69, 9.17) is 0 Å². The van der Waals surface area contributed by atoms with Gasteiger partial charge in [0.1, 0.15) is 12.1 Å². The minimum absolute atomic E-state index is 0.134. The van der Waals surface area contributed by atoms with Crippen LogP contribution in [0.4, 0.5) is 0 Å². The summed E-state index contributed by atoms with van der Waals surface area (Å²) in [5.41, 5.74) is 0.665. The van der Waals surface area contributed by atoms with Crippen LogP contribution < -0.4 is 5.32 Å². The van der Waals surface area contributed by atoms with Crippen molar-refractivity contribution in [2.24, 2.45) is 0 Å². The number of pyridine rings is 1. The lowest BCUT2D eigenvalue weighted by Crippen LogP contribution is -2.54. The van der Waals surface area contributed by atoms with E-state index in [9.17, 15) is 19.5 Å². The van der Waals surface area contributed by atoms with Gasteiger partial charge in [-0.05, 0) is 43.2 Å². The smallest absolute Gasteiger partial charge is 0.326 e. The van der Waals surface area contributed by atoms with Crippen molar-refractivity contribution in [3.8, 4) is 0 Å². The number of fused-ring (bicyclic) bond motifs is 2. The molecular weight excluding hydrogens is 382 g/mol. The Morgan fingerprint density at radius 1 is 1.13 bits per heavy atom. The Morgan fingerprint density at radius 3 is 2.77 bits per heavy atom. The van der Waals surface area contributed by atoms with Gasteiger partial charge in [0.25, 0.3) is 0 Å². The first-order chi connectivity index (χ1) is 14.5. The maximum Gasteiger partial charge on any atom is 0.326 e. The molecule has 1 aromatic heterocycles. The van der Waals surface area contributed by atoms with E-state index < -0.39 is 24.0 Å². The number of nitrogens with zero attached hydrogens (tertiary/aromatic N) is 2. The second kappa shape index (κ2) is 8.49. The van der Waals surface area contributed by atoms with Gasteiger partial charge in [0, 0.05) is 23.7 Å². The Bertz CT molecular complexity index is 1040. The van der Waals surface area contributed by atoms with Gasteiger partial charge in [-0.1, -0.05) is 36.4 Å². The van der Waals surface area contributed by atoms with Gasteiger partial charge >= 0.3 is 5.97 Å². The fraction of sp³-hybridized carbons (Fsp3) is 0.304. The lowest BCUT2D eigenvalue weighted by molar-refractivity contribution is -0.150. The van der Waals surface area contributed by atoms with E-state index in [1.54, 1.807) is 12.3 Å². The minimum Gasteiger partial charge on any atom is -0.480 e. The van der Waals surface area contributed by atoms with Gasteiger partial charge in [-0.2, -0.15) is 0 Å². The van der Waals surface area contributed by atoms with Crippen molar-refractivity contribution >= 4 is 34.6 Å². The second-order valence-electron chi connectivity index (χ2n) is 7.59. The number of carboxylic acids is 1. The fourth-order valence-electron chi connectivity index (χ4n) is 4.23. The zero-order valence-electron chi connectivity index (χ0n) is 16.4. The third kappa shape index (κ3) is 3.96. The molecule has 7 nitrogen and oxygen atoms in total. The molecule has 2 aliphatic rings. The first-order valence-electron chi connectivity index (χ1n) is 10.1. The van der Waals surface area contributed by atoms with Crippen LogP contribution in [0.15, 0.2) is 54.8 Å². The van der Waals surface area contributed by atoms with Gasteiger partial charge in [-0.25, -0.2) is 4.79 Å². The monoisotopic (exact) mass is 405 g/mol. The first-order valence-corrected chi connectivity index (χ1v) is 10.1. The highest BCUT2D eigenvalue weighted by Crippen LogP contribution is 2.29. The molecule has 0 bridgehead atoms. The van der Waals surface area contributed by atoms with Gasteiger partial charge in [0.05, 0.1) is 5.69 Å². The third-order valence-electron chi connectivity index (χ3n) is 5.70. The van der Waals surface area contributed by atoms with E-state index in [1.165, 1.54) is 11.0 Å². The van der Waals surface area contributed by atoms with Crippen molar-refractivity contribution < 1.29 is 19.5 Å². The van der Waals surface area contributed by atoms with E-state index in [0.29, 0.717) is 31.4 Å². The Kier molecular flexibility index (Phi) is 5.61. The van der Waals surface area contributed by atoms with E-state index in [0.717, 1.165) is 10.8 Å². The predicted molar refractivity (Wildman–Crippen MR) is 112 cm³/mol. The molecule has 30 heavy (non-hydrogen) atoms. The molecule has 3 unspecified atom stereocenters. The number of carboxylic acid groups (broad SMARTS) is 1. The molecule has 2 N–H and O–H groups in total. The Morgan fingerprint density at radius 2 is 1.93 bits per heavy atom. The topological polar surface area (TPSA) is 99.6 Å². The van der Waals surface area contributed by atoms with Gasteiger partial charge < -0.3 is 15.3 Å². The number of hydrogen-bond acceptors (Lipinski definition) is 4. The van der Waals surface area contributed by atoms with Gasteiger partial charge in [-0.3, -0.25) is 14.6 Å². The number of nitrogens with one attached hydrogen (secondary N) is 1. The zero-order chi connectivity index (χ0) is 21.1. The first kappa shape index (κ1) is 19.8. The van der Waals surface area contributed by atoms with Crippen molar-refractivity contribution in [1.82, 2.24) is 15.2 Å². The number of amides is 2. The molecule has 1 saturated heterocycles. The molecule has 7 heteroatoms. The van der Waals surface area contributed by atoms with Crippen LogP contribution in [0.1, 0.15) is 31.4 Å². The minimum atomic E-state index is -0.998. The lowest BCUT2D eigenvalue weighted by Gasteiger charge is -2.32. The van der Waals surface area contributed by atoms with Crippen LogP contribution in [0.3, 0.4) is 0 Å². The van der Waals surface area contributed by atoms with Crippen molar-refractivity contribution in [2.45, 2.75) is 43.8 Å². The summed E-state index contributed by atoms with van der Waals surface area (Å²) in [4.78, 5) is 42.9. The van der Waals surface area contributed by atoms with Crippen LogP contribution in [0.25, 0.3) is 16.8 Å². The highest BCUT2D eigenvalue weighted by molar-refractivity contribution is 5.98. The molecule has 2 aliphatic heterocycles. The van der Waals surface area contributed by atoms with Gasteiger partial charge in [-0.15, -0.1) is 0 Å². The molecule has 1 fully saturated rings. The quantitative estimate of drug-likeness (QED) is 0.602. The standard InChI is InChI=1S/C23H23N3O4/c27-21(12-10-18-17-7-3-1-5-15(17)13-14-24-18)25-19-8-4-2-6-16-9-11-20(23(29)30)26(16)22(19)28/h1-5,7,10,12-14,16,19-20H,6,8-9,11H2,(H,25,27)(H,29,30)/b4-2-,12-10?. The average Bonchev–Trinajstić information content (AvgIpc) is 3.16. The Hall–Kier alpha value is -3.48. The third-order valence-corrected chi connectivity index (χ3v) is 5.70. The van der Waals surface area contributed by atoms with Crippen molar-refractivity contribution in [3.63, 3.8) is 0 Å². The molecular formula is C23H23N3O4. The van der Waals surface area contributed by atoms with Crippen molar-refractivity contribution in [1.29, 1.82) is 0 Å². The Balaban J connectivity index is 1.51. The summed E-state index contributed by atoms with van der Waals surface area (Å²) in [5.74, 6) is -1.75. The summed E-state index contributed by atoms with van der Waals surface area (Å²) >= 11 is 0. The SMILES string of the molecule is O=C(C=Cc1nccc2ccccc12)NC1C/C=C\CC2CCC(C(=O)O)N2C1=O. The number of hydrogen-bond donors (Lipinski definition) is 2. The summed E-state index contributed by atoms with van der Waals surface area (Å²) in [6.07, 6.45) is 10.6. The molecule has 3 atom stereocenters. The molecule has 0 aliphatic carbocycles.